The SMILES string of the molecule is NCC1CCCN1C(=O)Cn1ccc(=O)c2ccccc21. The molecule has 1 amide bonds. The van der Waals surface area contributed by atoms with E-state index in [4.69, 9.17) is 5.73 Å². The van der Waals surface area contributed by atoms with E-state index in [0.717, 1.165) is 24.9 Å². The summed E-state index contributed by atoms with van der Waals surface area (Å²) >= 11 is 0. The molecule has 0 saturated carbocycles. The van der Waals surface area contributed by atoms with Crippen LogP contribution in [-0.4, -0.2) is 34.5 Å². The van der Waals surface area contributed by atoms with Gasteiger partial charge in [-0.05, 0) is 25.0 Å². The fourth-order valence-corrected chi connectivity index (χ4v) is 3.04. The van der Waals surface area contributed by atoms with Crippen LogP contribution in [0.3, 0.4) is 0 Å². The molecule has 21 heavy (non-hydrogen) atoms. The van der Waals surface area contributed by atoms with Crippen LogP contribution in [0.5, 0.6) is 0 Å². The second-order valence-corrected chi connectivity index (χ2v) is 5.44. The van der Waals surface area contributed by atoms with Gasteiger partial charge in [0.1, 0.15) is 6.54 Å². The maximum atomic E-state index is 12.5. The van der Waals surface area contributed by atoms with Crippen molar-refractivity contribution in [3.8, 4) is 0 Å². The van der Waals surface area contributed by atoms with Crippen LogP contribution in [0, 0.1) is 0 Å². The molecule has 2 heterocycles. The van der Waals surface area contributed by atoms with Crippen LogP contribution in [0.15, 0.2) is 41.3 Å². The van der Waals surface area contributed by atoms with Gasteiger partial charge in [0, 0.05) is 36.8 Å². The van der Waals surface area contributed by atoms with Crippen LogP contribution in [0.1, 0.15) is 12.8 Å². The van der Waals surface area contributed by atoms with Gasteiger partial charge in [-0.25, -0.2) is 0 Å². The number of benzene rings is 1. The normalized spacial score (nSPS) is 18.3. The molecule has 0 spiro atoms. The van der Waals surface area contributed by atoms with Gasteiger partial charge in [0.25, 0.3) is 0 Å². The fraction of sp³-hybridized carbons (Fsp3) is 0.375. The van der Waals surface area contributed by atoms with Gasteiger partial charge in [-0.1, -0.05) is 12.1 Å². The van der Waals surface area contributed by atoms with Crippen molar-refractivity contribution >= 4 is 16.8 Å². The number of fused-ring (bicyclic) bond motifs is 1. The highest BCUT2D eigenvalue weighted by Crippen LogP contribution is 2.17. The Morgan fingerprint density at radius 1 is 1.29 bits per heavy atom. The molecule has 5 nitrogen and oxygen atoms in total. The second-order valence-electron chi connectivity index (χ2n) is 5.44. The summed E-state index contributed by atoms with van der Waals surface area (Å²) in [6.07, 6.45) is 3.68. The molecule has 0 aliphatic carbocycles. The predicted molar refractivity (Wildman–Crippen MR) is 82.0 cm³/mol. The number of hydrogen-bond donors (Lipinski definition) is 1. The number of nitrogens with two attached hydrogens (primary N) is 1. The highest BCUT2D eigenvalue weighted by Gasteiger charge is 2.27. The standard InChI is InChI=1S/C16H19N3O2/c17-10-12-4-3-8-19(12)16(21)11-18-9-7-15(20)13-5-1-2-6-14(13)18/h1-2,5-7,9,12H,3-4,8,10-11,17H2. The topological polar surface area (TPSA) is 68.3 Å². The molecule has 1 saturated heterocycles. The van der Waals surface area contributed by atoms with Gasteiger partial charge in [-0.2, -0.15) is 0 Å². The lowest BCUT2D eigenvalue weighted by atomic mass is 10.2. The number of carbonyl (C=O) groups excluding carboxylic acids is 1. The summed E-state index contributed by atoms with van der Waals surface area (Å²) in [5, 5.41) is 0.643. The van der Waals surface area contributed by atoms with E-state index in [-0.39, 0.29) is 23.9 Å². The molecule has 1 aromatic carbocycles. The Hall–Kier alpha value is -2.14. The largest absolute Gasteiger partial charge is 0.338 e. The van der Waals surface area contributed by atoms with E-state index < -0.39 is 0 Å². The minimum atomic E-state index is -0.0182. The first kappa shape index (κ1) is 13.8. The quantitative estimate of drug-likeness (QED) is 0.913. The highest BCUT2D eigenvalue weighted by atomic mass is 16.2. The van der Waals surface area contributed by atoms with Crippen LogP contribution < -0.4 is 11.2 Å². The fourth-order valence-electron chi connectivity index (χ4n) is 3.04. The van der Waals surface area contributed by atoms with Gasteiger partial charge in [-0.15, -0.1) is 0 Å². The third-order valence-corrected chi connectivity index (χ3v) is 4.16. The van der Waals surface area contributed by atoms with Gasteiger partial charge < -0.3 is 15.2 Å². The number of likely N-dealkylation sites (tertiary alicyclic amines) is 1. The molecule has 5 heteroatoms. The van der Waals surface area contributed by atoms with Crippen molar-refractivity contribution in [2.24, 2.45) is 5.73 Å². The summed E-state index contributed by atoms with van der Waals surface area (Å²) in [5.74, 6) is 0.0664. The Kier molecular flexibility index (Phi) is 3.75. The van der Waals surface area contributed by atoms with Crippen molar-refractivity contribution < 1.29 is 4.79 Å². The summed E-state index contributed by atoms with van der Waals surface area (Å²) in [6.45, 7) is 1.53. The number of para-hydroxylation sites is 1. The summed E-state index contributed by atoms with van der Waals surface area (Å²) in [5.41, 5.74) is 6.50. The average molecular weight is 285 g/mol. The number of hydrogen-bond acceptors (Lipinski definition) is 3. The maximum Gasteiger partial charge on any atom is 0.242 e. The van der Waals surface area contributed by atoms with Gasteiger partial charge in [0.05, 0.1) is 5.52 Å². The van der Waals surface area contributed by atoms with Crippen LogP contribution >= 0.6 is 0 Å². The second kappa shape index (κ2) is 5.69. The molecule has 0 radical (unpaired) electrons. The summed E-state index contributed by atoms with van der Waals surface area (Å²) < 4.78 is 1.84. The Morgan fingerprint density at radius 2 is 2.10 bits per heavy atom. The molecule has 0 bridgehead atoms. The molecular formula is C16H19N3O2. The van der Waals surface area contributed by atoms with E-state index in [0.29, 0.717) is 11.9 Å². The lowest BCUT2D eigenvalue weighted by Gasteiger charge is -2.24. The molecule has 1 fully saturated rings. The highest BCUT2D eigenvalue weighted by molar-refractivity contribution is 5.82. The number of aromatic nitrogens is 1. The molecule has 2 N–H and O–H groups in total. The lowest BCUT2D eigenvalue weighted by Crippen LogP contribution is -2.41. The van der Waals surface area contributed by atoms with Gasteiger partial charge >= 0.3 is 0 Å². The van der Waals surface area contributed by atoms with Crippen molar-refractivity contribution in [1.29, 1.82) is 0 Å². The number of pyridine rings is 1. The van der Waals surface area contributed by atoms with Gasteiger partial charge in [-0.3, -0.25) is 9.59 Å². The maximum absolute atomic E-state index is 12.5. The number of amides is 1. The molecule has 3 rings (SSSR count). The number of nitrogens with zero attached hydrogens (tertiary/aromatic N) is 2. The molecular weight excluding hydrogens is 266 g/mol. The van der Waals surface area contributed by atoms with E-state index in [9.17, 15) is 9.59 Å². The predicted octanol–water partition coefficient (Wildman–Crippen LogP) is 0.951. The molecule has 1 atom stereocenters. The smallest absolute Gasteiger partial charge is 0.242 e. The van der Waals surface area contributed by atoms with Crippen molar-refractivity contribution in [1.82, 2.24) is 9.47 Å². The molecule has 110 valence electrons. The zero-order chi connectivity index (χ0) is 14.8. The minimum absolute atomic E-state index is 0.0182. The van der Waals surface area contributed by atoms with E-state index in [2.05, 4.69) is 0 Å². The van der Waals surface area contributed by atoms with Crippen molar-refractivity contribution in [2.45, 2.75) is 25.4 Å². The van der Waals surface area contributed by atoms with Crippen molar-refractivity contribution in [3.63, 3.8) is 0 Å². The molecule has 1 aromatic heterocycles. The van der Waals surface area contributed by atoms with Gasteiger partial charge in [0.2, 0.25) is 5.91 Å². The van der Waals surface area contributed by atoms with Crippen LogP contribution in [0.2, 0.25) is 0 Å². The minimum Gasteiger partial charge on any atom is -0.338 e. The molecule has 1 aliphatic heterocycles. The van der Waals surface area contributed by atoms with Crippen LogP contribution in [0.4, 0.5) is 0 Å². The van der Waals surface area contributed by atoms with Crippen molar-refractivity contribution in [3.05, 3.63) is 46.8 Å². The molecule has 1 aliphatic rings. The Balaban J connectivity index is 1.90. The first-order chi connectivity index (χ1) is 10.2. The Labute approximate surface area is 123 Å². The Bertz CT molecular complexity index is 723. The monoisotopic (exact) mass is 285 g/mol. The third-order valence-electron chi connectivity index (χ3n) is 4.16. The summed E-state index contributed by atoms with van der Waals surface area (Å²) in [4.78, 5) is 26.2. The molecule has 1 unspecified atom stereocenters. The summed E-state index contributed by atoms with van der Waals surface area (Å²) in [7, 11) is 0. The van der Waals surface area contributed by atoms with Crippen LogP contribution in [0.25, 0.3) is 10.9 Å². The van der Waals surface area contributed by atoms with E-state index in [1.165, 1.54) is 6.07 Å². The number of carbonyl (C=O) groups is 1. The van der Waals surface area contributed by atoms with E-state index in [1.54, 1.807) is 12.3 Å². The third kappa shape index (κ3) is 2.56. The van der Waals surface area contributed by atoms with E-state index in [1.807, 2.05) is 27.7 Å². The Morgan fingerprint density at radius 3 is 2.90 bits per heavy atom. The average Bonchev–Trinajstić information content (AvgIpc) is 2.99. The summed E-state index contributed by atoms with van der Waals surface area (Å²) in [6, 6.07) is 9.04. The first-order valence-corrected chi connectivity index (χ1v) is 7.28. The van der Waals surface area contributed by atoms with E-state index >= 15 is 0 Å². The first-order valence-electron chi connectivity index (χ1n) is 7.28. The number of rotatable bonds is 3. The molecule has 2 aromatic rings. The lowest BCUT2D eigenvalue weighted by molar-refractivity contribution is -0.132. The zero-order valence-corrected chi connectivity index (χ0v) is 11.9. The van der Waals surface area contributed by atoms with Crippen LogP contribution in [-0.2, 0) is 11.3 Å². The van der Waals surface area contributed by atoms with Crippen molar-refractivity contribution in [2.75, 3.05) is 13.1 Å². The van der Waals surface area contributed by atoms with Gasteiger partial charge in [0.15, 0.2) is 5.43 Å². The zero-order valence-electron chi connectivity index (χ0n) is 11.9.